The normalized spacial score (nSPS) is 23.7. The fourth-order valence-electron chi connectivity index (χ4n) is 3.87. The first kappa shape index (κ1) is 14.0. The average Bonchev–Trinajstić information content (AvgIpc) is 3.22. The number of rotatable bonds is 5. The van der Waals surface area contributed by atoms with Gasteiger partial charge in [-0.15, -0.1) is 0 Å². The molecule has 4 rings (SSSR count). The van der Waals surface area contributed by atoms with Gasteiger partial charge in [0.15, 0.2) is 0 Å². The van der Waals surface area contributed by atoms with E-state index in [1.807, 2.05) is 17.9 Å². The van der Waals surface area contributed by atoms with Crippen LogP contribution in [0.2, 0.25) is 0 Å². The van der Waals surface area contributed by atoms with E-state index in [-0.39, 0.29) is 12.1 Å². The van der Waals surface area contributed by atoms with Gasteiger partial charge in [-0.3, -0.25) is 4.68 Å². The lowest BCUT2D eigenvalue weighted by atomic mass is 9.92. The van der Waals surface area contributed by atoms with Crippen molar-refractivity contribution >= 4 is 0 Å². The van der Waals surface area contributed by atoms with Crippen LogP contribution in [0.25, 0.3) is 0 Å². The van der Waals surface area contributed by atoms with Crippen LogP contribution in [0.3, 0.4) is 0 Å². The monoisotopic (exact) mass is 297 g/mol. The SMILES string of the molecule is Cn1ncc(CNC2(CO)CCc3ccccc32)c1C1CC1. The van der Waals surface area contributed by atoms with Gasteiger partial charge in [0.25, 0.3) is 0 Å². The summed E-state index contributed by atoms with van der Waals surface area (Å²) < 4.78 is 2.02. The van der Waals surface area contributed by atoms with Crippen molar-refractivity contribution in [1.29, 1.82) is 0 Å². The molecule has 0 bridgehead atoms. The molecule has 4 heteroatoms. The second-order valence-electron chi connectivity index (χ2n) is 6.70. The molecule has 0 saturated heterocycles. The van der Waals surface area contributed by atoms with E-state index < -0.39 is 0 Å². The number of aryl methyl sites for hydroxylation is 2. The van der Waals surface area contributed by atoms with Crippen LogP contribution in [0, 0.1) is 0 Å². The fraction of sp³-hybridized carbons (Fsp3) is 0.500. The van der Waals surface area contributed by atoms with Crippen molar-refractivity contribution in [2.45, 2.75) is 43.7 Å². The zero-order chi connectivity index (χ0) is 15.2. The second-order valence-corrected chi connectivity index (χ2v) is 6.70. The first-order valence-corrected chi connectivity index (χ1v) is 8.18. The highest BCUT2D eigenvalue weighted by Crippen LogP contribution is 2.42. The Hall–Kier alpha value is -1.65. The van der Waals surface area contributed by atoms with Crippen LogP contribution in [0.15, 0.2) is 30.5 Å². The van der Waals surface area contributed by atoms with Gasteiger partial charge in [-0.1, -0.05) is 24.3 Å². The highest BCUT2D eigenvalue weighted by atomic mass is 16.3. The first-order chi connectivity index (χ1) is 10.7. The van der Waals surface area contributed by atoms with Gasteiger partial charge in [-0.25, -0.2) is 0 Å². The summed E-state index contributed by atoms with van der Waals surface area (Å²) in [5.41, 5.74) is 4.97. The van der Waals surface area contributed by atoms with Crippen molar-refractivity contribution in [3.05, 3.63) is 52.8 Å². The van der Waals surface area contributed by atoms with Crippen LogP contribution in [0.4, 0.5) is 0 Å². The lowest BCUT2D eigenvalue weighted by molar-refractivity contribution is 0.158. The Morgan fingerprint density at radius 3 is 2.95 bits per heavy atom. The topological polar surface area (TPSA) is 50.1 Å². The number of hydrogen-bond acceptors (Lipinski definition) is 3. The van der Waals surface area contributed by atoms with E-state index in [0.29, 0.717) is 5.92 Å². The van der Waals surface area contributed by atoms with Crippen LogP contribution in [0.5, 0.6) is 0 Å². The summed E-state index contributed by atoms with van der Waals surface area (Å²) in [5.74, 6) is 0.685. The number of hydrogen-bond donors (Lipinski definition) is 2. The summed E-state index contributed by atoms with van der Waals surface area (Å²) in [4.78, 5) is 0. The molecular formula is C18H23N3O. The smallest absolute Gasteiger partial charge is 0.0677 e. The van der Waals surface area contributed by atoms with Gasteiger partial charge in [0.05, 0.1) is 18.3 Å². The molecule has 0 amide bonds. The van der Waals surface area contributed by atoms with E-state index in [1.165, 1.54) is 35.2 Å². The molecule has 1 unspecified atom stereocenters. The summed E-state index contributed by atoms with van der Waals surface area (Å²) in [6.45, 7) is 0.914. The van der Waals surface area contributed by atoms with E-state index in [2.05, 4.69) is 34.7 Å². The summed E-state index contributed by atoms with van der Waals surface area (Å²) >= 11 is 0. The third kappa shape index (κ3) is 2.18. The Morgan fingerprint density at radius 2 is 2.18 bits per heavy atom. The molecule has 0 aliphatic heterocycles. The molecule has 0 radical (unpaired) electrons. The summed E-state index contributed by atoms with van der Waals surface area (Å²) in [5, 5.41) is 18.1. The maximum atomic E-state index is 10.1. The molecule has 1 aromatic carbocycles. The maximum Gasteiger partial charge on any atom is 0.0677 e. The lowest BCUT2D eigenvalue weighted by Gasteiger charge is -2.30. The molecular weight excluding hydrogens is 274 g/mol. The number of aliphatic hydroxyl groups is 1. The number of nitrogens with zero attached hydrogens (tertiary/aromatic N) is 2. The van der Waals surface area contributed by atoms with Crippen LogP contribution in [-0.2, 0) is 25.6 Å². The van der Waals surface area contributed by atoms with E-state index in [1.54, 1.807) is 0 Å². The van der Waals surface area contributed by atoms with Gasteiger partial charge >= 0.3 is 0 Å². The molecule has 1 aromatic heterocycles. The summed E-state index contributed by atoms with van der Waals surface area (Å²) in [6, 6.07) is 8.47. The van der Waals surface area contributed by atoms with Gasteiger partial charge in [-0.2, -0.15) is 5.10 Å². The Balaban J connectivity index is 1.58. The van der Waals surface area contributed by atoms with Crippen molar-refractivity contribution in [3.63, 3.8) is 0 Å². The molecule has 22 heavy (non-hydrogen) atoms. The molecule has 1 fully saturated rings. The third-order valence-corrected chi connectivity index (χ3v) is 5.27. The minimum atomic E-state index is -0.298. The van der Waals surface area contributed by atoms with Crippen molar-refractivity contribution in [2.24, 2.45) is 7.05 Å². The van der Waals surface area contributed by atoms with Crippen molar-refractivity contribution < 1.29 is 5.11 Å². The standard InChI is InChI=1S/C18H23N3O/c1-21-17(14-6-7-14)15(11-20-21)10-19-18(12-22)9-8-13-4-2-3-5-16(13)18/h2-5,11,14,19,22H,6-10,12H2,1H3. The predicted octanol–water partition coefficient (Wildman–Crippen LogP) is 2.22. The second kappa shape index (κ2) is 5.21. The quantitative estimate of drug-likeness (QED) is 0.890. The highest BCUT2D eigenvalue weighted by molar-refractivity contribution is 5.39. The summed E-state index contributed by atoms with van der Waals surface area (Å²) in [6.07, 6.45) is 6.53. The number of nitrogens with one attached hydrogen (secondary N) is 1. The van der Waals surface area contributed by atoms with E-state index in [0.717, 1.165) is 19.4 Å². The Labute approximate surface area is 131 Å². The molecule has 1 atom stereocenters. The Bertz CT molecular complexity index is 689. The predicted molar refractivity (Wildman–Crippen MR) is 85.5 cm³/mol. The van der Waals surface area contributed by atoms with Crippen molar-refractivity contribution in [1.82, 2.24) is 15.1 Å². The van der Waals surface area contributed by atoms with Crippen molar-refractivity contribution in [2.75, 3.05) is 6.61 Å². The van der Waals surface area contributed by atoms with Crippen molar-refractivity contribution in [3.8, 4) is 0 Å². The number of fused-ring (bicyclic) bond motifs is 1. The van der Waals surface area contributed by atoms with Crippen LogP contribution >= 0.6 is 0 Å². The molecule has 0 spiro atoms. The molecule has 2 aromatic rings. The molecule has 2 aliphatic rings. The minimum Gasteiger partial charge on any atom is -0.394 e. The highest BCUT2D eigenvalue weighted by Gasteiger charge is 2.38. The molecule has 4 nitrogen and oxygen atoms in total. The number of aromatic nitrogens is 2. The fourth-order valence-corrected chi connectivity index (χ4v) is 3.87. The molecule has 116 valence electrons. The first-order valence-electron chi connectivity index (χ1n) is 8.18. The zero-order valence-corrected chi connectivity index (χ0v) is 13.0. The van der Waals surface area contributed by atoms with Crippen LogP contribution in [-0.4, -0.2) is 21.5 Å². The van der Waals surface area contributed by atoms with Crippen LogP contribution < -0.4 is 5.32 Å². The van der Waals surface area contributed by atoms with Gasteiger partial charge < -0.3 is 10.4 Å². The van der Waals surface area contributed by atoms with Gasteiger partial charge in [0, 0.05) is 30.8 Å². The molecule has 2 N–H and O–H groups in total. The summed E-state index contributed by atoms with van der Waals surface area (Å²) in [7, 11) is 2.03. The third-order valence-electron chi connectivity index (χ3n) is 5.27. The van der Waals surface area contributed by atoms with E-state index in [9.17, 15) is 5.11 Å². The number of benzene rings is 1. The largest absolute Gasteiger partial charge is 0.394 e. The van der Waals surface area contributed by atoms with E-state index >= 15 is 0 Å². The zero-order valence-electron chi connectivity index (χ0n) is 13.0. The van der Waals surface area contributed by atoms with E-state index in [4.69, 9.17) is 0 Å². The van der Waals surface area contributed by atoms with Crippen LogP contribution in [0.1, 0.15) is 47.6 Å². The lowest BCUT2D eigenvalue weighted by Crippen LogP contribution is -2.43. The maximum absolute atomic E-state index is 10.1. The molecule has 2 aliphatic carbocycles. The number of aliphatic hydroxyl groups excluding tert-OH is 1. The minimum absolute atomic E-state index is 0.142. The average molecular weight is 297 g/mol. The van der Waals surface area contributed by atoms with Gasteiger partial charge in [0.2, 0.25) is 0 Å². The molecule has 1 heterocycles. The van der Waals surface area contributed by atoms with Gasteiger partial charge in [-0.05, 0) is 36.8 Å². The Kier molecular flexibility index (Phi) is 3.31. The Morgan fingerprint density at radius 1 is 1.36 bits per heavy atom. The molecule has 1 saturated carbocycles. The van der Waals surface area contributed by atoms with Gasteiger partial charge in [0.1, 0.15) is 0 Å².